The molecule has 1 amide bonds. The third kappa shape index (κ3) is 3.91. The monoisotopic (exact) mass is 423 g/mol. The third-order valence-electron chi connectivity index (χ3n) is 5.84. The number of piperidine rings is 1. The first kappa shape index (κ1) is 20.4. The summed E-state index contributed by atoms with van der Waals surface area (Å²) in [4.78, 5) is 15.0. The molecule has 0 unspecified atom stereocenters. The highest BCUT2D eigenvalue weighted by Crippen LogP contribution is 2.37. The quantitative estimate of drug-likeness (QED) is 0.635. The molecule has 6 nitrogen and oxygen atoms in total. The first-order valence-electron chi connectivity index (χ1n) is 9.99. The van der Waals surface area contributed by atoms with Gasteiger partial charge in [-0.1, -0.05) is 36.9 Å². The van der Waals surface area contributed by atoms with Crippen molar-refractivity contribution in [1.29, 1.82) is 0 Å². The molecule has 2 aromatic carbocycles. The van der Waals surface area contributed by atoms with Crippen molar-refractivity contribution in [1.82, 2.24) is 9.29 Å². The standard InChI is InChI=1S/C23H25N3O3S/c1-2-30(28,29)26-10-8-17(9-11-26)21-15-25-23-19(14-22(24)27)12-18(13-20(21)23)16-6-4-3-5-7-16/h2-7,12-13,15,17,25H,1,8-11,14H2,(H2,24,27). The summed E-state index contributed by atoms with van der Waals surface area (Å²) >= 11 is 0. The van der Waals surface area contributed by atoms with Crippen molar-refractivity contribution in [3.05, 3.63) is 71.8 Å². The molecule has 0 atom stereocenters. The molecule has 0 saturated carbocycles. The van der Waals surface area contributed by atoms with Crippen LogP contribution >= 0.6 is 0 Å². The number of primary amides is 1. The minimum absolute atomic E-state index is 0.160. The Morgan fingerprint density at radius 1 is 1.17 bits per heavy atom. The molecule has 1 aromatic heterocycles. The first-order valence-corrected chi connectivity index (χ1v) is 11.5. The number of H-pyrrole nitrogens is 1. The second-order valence-corrected chi connectivity index (χ2v) is 9.58. The molecule has 3 aromatic rings. The van der Waals surface area contributed by atoms with Crippen molar-refractivity contribution in [2.45, 2.75) is 25.2 Å². The predicted molar refractivity (Wildman–Crippen MR) is 119 cm³/mol. The molecule has 3 N–H and O–H groups in total. The molecule has 1 aliphatic heterocycles. The van der Waals surface area contributed by atoms with Crippen molar-refractivity contribution < 1.29 is 13.2 Å². The lowest BCUT2D eigenvalue weighted by atomic mass is 9.88. The van der Waals surface area contributed by atoms with Gasteiger partial charge in [-0.2, -0.15) is 4.31 Å². The number of benzene rings is 2. The minimum atomic E-state index is -3.38. The number of aromatic amines is 1. The second-order valence-electron chi connectivity index (χ2n) is 7.70. The average molecular weight is 424 g/mol. The van der Waals surface area contributed by atoms with Crippen LogP contribution in [0.3, 0.4) is 0 Å². The number of rotatable bonds is 6. The summed E-state index contributed by atoms with van der Waals surface area (Å²) in [7, 11) is -3.38. The molecular formula is C23H25N3O3S. The largest absolute Gasteiger partial charge is 0.369 e. The SMILES string of the molecule is C=CS(=O)(=O)N1CCC(c2c[nH]c3c(CC(N)=O)cc(-c4ccccc4)cc23)CC1. The molecule has 0 aliphatic carbocycles. The molecule has 0 radical (unpaired) electrons. The molecule has 7 heteroatoms. The van der Waals surface area contributed by atoms with Crippen LogP contribution in [-0.2, 0) is 21.2 Å². The Labute approximate surface area is 176 Å². The fraction of sp³-hybridized carbons (Fsp3) is 0.261. The number of nitrogens with two attached hydrogens (primary N) is 1. The van der Waals surface area contributed by atoms with Gasteiger partial charge < -0.3 is 10.7 Å². The number of hydrogen-bond donors (Lipinski definition) is 2. The van der Waals surface area contributed by atoms with E-state index in [1.807, 2.05) is 42.6 Å². The van der Waals surface area contributed by atoms with E-state index >= 15 is 0 Å². The normalized spacial score (nSPS) is 16.0. The highest BCUT2D eigenvalue weighted by molar-refractivity contribution is 7.92. The number of nitrogens with one attached hydrogen (secondary N) is 1. The summed E-state index contributed by atoms with van der Waals surface area (Å²) in [5.41, 5.74) is 10.6. The van der Waals surface area contributed by atoms with E-state index in [-0.39, 0.29) is 18.2 Å². The van der Waals surface area contributed by atoms with Crippen molar-refractivity contribution in [3.63, 3.8) is 0 Å². The number of hydrogen-bond acceptors (Lipinski definition) is 3. The number of sulfonamides is 1. The number of fused-ring (bicyclic) bond motifs is 1. The Balaban J connectivity index is 1.73. The molecule has 1 fully saturated rings. The summed E-state index contributed by atoms with van der Waals surface area (Å²) in [6.45, 7) is 4.36. The number of amides is 1. The van der Waals surface area contributed by atoms with E-state index in [4.69, 9.17) is 5.73 Å². The summed E-state index contributed by atoms with van der Waals surface area (Å²) in [6.07, 6.45) is 3.63. The molecule has 1 aliphatic rings. The van der Waals surface area contributed by atoms with Crippen LogP contribution < -0.4 is 5.73 Å². The van der Waals surface area contributed by atoms with Crippen LogP contribution in [-0.4, -0.2) is 36.7 Å². The van der Waals surface area contributed by atoms with Crippen LogP contribution in [0.5, 0.6) is 0 Å². The average Bonchev–Trinajstić information content (AvgIpc) is 3.18. The van der Waals surface area contributed by atoms with Crippen molar-refractivity contribution in [2.24, 2.45) is 5.73 Å². The minimum Gasteiger partial charge on any atom is -0.369 e. The lowest BCUT2D eigenvalue weighted by Gasteiger charge is -2.30. The van der Waals surface area contributed by atoms with Gasteiger partial charge in [0, 0.05) is 35.6 Å². The van der Waals surface area contributed by atoms with Gasteiger partial charge >= 0.3 is 0 Å². The van der Waals surface area contributed by atoms with E-state index in [2.05, 4.69) is 17.6 Å². The zero-order chi connectivity index (χ0) is 21.3. The Morgan fingerprint density at radius 2 is 1.87 bits per heavy atom. The predicted octanol–water partition coefficient (Wildman–Crippen LogP) is 3.52. The van der Waals surface area contributed by atoms with E-state index in [1.165, 1.54) is 4.31 Å². The summed E-state index contributed by atoms with van der Waals surface area (Å²) in [5.74, 6) is -0.136. The Bertz CT molecular complexity index is 1190. The zero-order valence-electron chi connectivity index (χ0n) is 16.7. The van der Waals surface area contributed by atoms with Gasteiger partial charge in [0.25, 0.3) is 0 Å². The van der Waals surface area contributed by atoms with E-state index in [0.29, 0.717) is 13.1 Å². The maximum absolute atomic E-state index is 12.1. The Hall–Kier alpha value is -2.90. The van der Waals surface area contributed by atoms with Crippen LogP contribution in [0.4, 0.5) is 0 Å². The Kier molecular flexibility index (Phi) is 5.49. The molecule has 4 rings (SSSR count). The van der Waals surface area contributed by atoms with Crippen LogP contribution in [0.15, 0.2) is 60.6 Å². The van der Waals surface area contributed by atoms with E-state index < -0.39 is 10.0 Å². The van der Waals surface area contributed by atoms with Gasteiger partial charge in [-0.25, -0.2) is 8.42 Å². The van der Waals surface area contributed by atoms with Gasteiger partial charge in [0.2, 0.25) is 15.9 Å². The van der Waals surface area contributed by atoms with Gasteiger partial charge in [-0.15, -0.1) is 0 Å². The fourth-order valence-electron chi connectivity index (χ4n) is 4.32. The molecule has 0 bridgehead atoms. The van der Waals surface area contributed by atoms with Crippen molar-refractivity contribution in [3.8, 4) is 11.1 Å². The molecule has 30 heavy (non-hydrogen) atoms. The van der Waals surface area contributed by atoms with Crippen LogP contribution in [0.2, 0.25) is 0 Å². The summed E-state index contributed by atoms with van der Waals surface area (Å²) in [5, 5.41) is 2.08. The number of carbonyl (C=O) groups excluding carboxylic acids is 1. The molecule has 0 spiro atoms. The van der Waals surface area contributed by atoms with E-state index in [9.17, 15) is 13.2 Å². The first-order chi connectivity index (χ1) is 14.4. The number of nitrogens with zero attached hydrogens (tertiary/aromatic N) is 1. The molecule has 2 heterocycles. The Morgan fingerprint density at radius 3 is 2.50 bits per heavy atom. The smallest absolute Gasteiger partial charge is 0.235 e. The lowest BCUT2D eigenvalue weighted by molar-refractivity contribution is -0.117. The highest BCUT2D eigenvalue weighted by atomic mass is 32.2. The summed E-state index contributed by atoms with van der Waals surface area (Å²) in [6, 6.07) is 14.2. The van der Waals surface area contributed by atoms with E-state index in [0.717, 1.165) is 51.4 Å². The van der Waals surface area contributed by atoms with Gasteiger partial charge in [0.05, 0.1) is 6.42 Å². The third-order valence-corrected chi connectivity index (χ3v) is 7.35. The highest BCUT2D eigenvalue weighted by Gasteiger charge is 2.28. The number of carbonyl (C=O) groups is 1. The van der Waals surface area contributed by atoms with Crippen LogP contribution in [0, 0.1) is 0 Å². The van der Waals surface area contributed by atoms with Crippen LogP contribution in [0.1, 0.15) is 29.9 Å². The maximum Gasteiger partial charge on any atom is 0.235 e. The fourth-order valence-corrected chi connectivity index (χ4v) is 5.25. The van der Waals surface area contributed by atoms with Crippen molar-refractivity contribution >= 4 is 26.8 Å². The summed E-state index contributed by atoms with van der Waals surface area (Å²) < 4.78 is 25.6. The molecule has 1 saturated heterocycles. The molecular weight excluding hydrogens is 398 g/mol. The van der Waals surface area contributed by atoms with Crippen LogP contribution in [0.25, 0.3) is 22.0 Å². The lowest BCUT2D eigenvalue weighted by Crippen LogP contribution is -2.36. The zero-order valence-corrected chi connectivity index (χ0v) is 17.5. The van der Waals surface area contributed by atoms with Gasteiger partial charge in [-0.3, -0.25) is 4.79 Å². The van der Waals surface area contributed by atoms with Gasteiger partial charge in [0.15, 0.2) is 0 Å². The van der Waals surface area contributed by atoms with Gasteiger partial charge in [0.1, 0.15) is 0 Å². The molecule has 156 valence electrons. The topological polar surface area (TPSA) is 96.3 Å². The maximum atomic E-state index is 12.1. The van der Waals surface area contributed by atoms with Crippen molar-refractivity contribution in [2.75, 3.05) is 13.1 Å². The second kappa shape index (κ2) is 8.08. The van der Waals surface area contributed by atoms with E-state index in [1.54, 1.807) is 0 Å². The number of aromatic nitrogens is 1. The van der Waals surface area contributed by atoms with Gasteiger partial charge in [-0.05, 0) is 53.1 Å².